The highest BCUT2D eigenvalue weighted by Crippen LogP contribution is 2.58. The molecule has 1 saturated carbocycles. The number of aromatic nitrogens is 1. The lowest BCUT2D eigenvalue weighted by Gasteiger charge is -2.23. The van der Waals surface area contributed by atoms with Crippen molar-refractivity contribution >= 4 is 22.5 Å². The first-order valence-corrected chi connectivity index (χ1v) is 8.82. The summed E-state index contributed by atoms with van der Waals surface area (Å²) in [4.78, 5) is 12.6. The fraction of sp³-hybridized carbons (Fsp3) is 0.526. The quantitative estimate of drug-likeness (QED) is 0.909. The lowest BCUT2D eigenvalue weighted by Crippen LogP contribution is -2.31. The summed E-state index contributed by atoms with van der Waals surface area (Å²) in [5.41, 5.74) is 2.46. The summed E-state index contributed by atoms with van der Waals surface area (Å²) < 4.78 is 2.27. The first kappa shape index (κ1) is 14.8. The van der Waals surface area contributed by atoms with Crippen LogP contribution in [0.25, 0.3) is 10.9 Å². The van der Waals surface area contributed by atoms with E-state index in [1.165, 1.54) is 10.9 Å². The van der Waals surface area contributed by atoms with Crippen LogP contribution in [0.3, 0.4) is 0 Å². The van der Waals surface area contributed by atoms with Crippen molar-refractivity contribution in [2.45, 2.75) is 39.2 Å². The summed E-state index contributed by atoms with van der Waals surface area (Å²) in [5, 5.41) is 7.73. The highest BCUT2D eigenvalue weighted by molar-refractivity contribution is 5.97. The minimum atomic E-state index is 0.208. The maximum absolute atomic E-state index is 12.6. The Balaban J connectivity index is 1.46. The molecule has 1 amide bonds. The molecule has 2 heterocycles. The summed E-state index contributed by atoms with van der Waals surface area (Å²) in [5.74, 6) is 0.421. The first-order valence-electron chi connectivity index (χ1n) is 8.82. The summed E-state index contributed by atoms with van der Waals surface area (Å²) in [6, 6.07) is 8.38. The lowest BCUT2D eigenvalue weighted by atomic mass is 9.92. The van der Waals surface area contributed by atoms with Gasteiger partial charge in [-0.25, -0.2) is 0 Å². The second-order valence-electron chi connectivity index (χ2n) is 7.14. The number of anilines is 1. The van der Waals surface area contributed by atoms with Gasteiger partial charge in [0.1, 0.15) is 0 Å². The van der Waals surface area contributed by atoms with Gasteiger partial charge >= 0.3 is 0 Å². The van der Waals surface area contributed by atoms with Crippen LogP contribution in [0.4, 0.5) is 5.69 Å². The van der Waals surface area contributed by atoms with Crippen molar-refractivity contribution in [3.63, 3.8) is 0 Å². The summed E-state index contributed by atoms with van der Waals surface area (Å²) in [6.07, 6.45) is 6.61. The molecule has 1 spiro atoms. The Morgan fingerprint density at radius 2 is 2.17 bits per heavy atom. The molecule has 1 unspecified atom stereocenters. The molecule has 2 aliphatic rings. The van der Waals surface area contributed by atoms with Crippen molar-refractivity contribution in [2.75, 3.05) is 18.4 Å². The van der Waals surface area contributed by atoms with Gasteiger partial charge in [0, 0.05) is 35.2 Å². The average molecular weight is 311 g/mol. The third-order valence-corrected chi connectivity index (χ3v) is 5.61. The van der Waals surface area contributed by atoms with E-state index in [1.807, 2.05) is 6.07 Å². The molecule has 2 N–H and O–H groups in total. The Hall–Kier alpha value is -1.81. The number of fused-ring (bicyclic) bond motifs is 1. The molecule has 4 rings (SSSR count). The third-order valence-electron chi connectivity index (χ3n) is 5.61. The summed E-state index contributed by atoms with van der Waals surface area (Å²) in [7, 11) is 0. The average Bonchev–Trinajstić information content (AvgIpc) is 3.10. The zero-order valence-electron chi connectivity index (χ0n) is 13.8. The van der Waals surface area contributed by atoms with Crippen LogP contribution in [0.15, 0.2) is 30.5 Å². The number of carbonyl (C=O) groups excluding carboxylic acids is 1. The molecule has 0 bridgehead atoms. The molecule has 0 radical (unpaired) electrons. The van der Waals surface area contributed by atoms with Gasteiger partial charge in [-0.15, -0.1) is 0 Å². The zero-order chi connectivity index (χ0) is 15.9. The van der Waals surface area contributed by atoms with E-state index in [9.17, 15) is 4.79 Å². The van der Waals surface area contributed by atoms with Crippen LogP contribution in [0.2, 0.25) is 0 Å². The lowest BCUT2D eigenvalue weighted by molar-refractivity contribution is -0.118. The van der Waals surface area contributed by atoms with Crippen molar-refractivity contribution < 1.29 is 4.79 Å². The van der Waals surface area contributed by atoms with Crippen LogP contribution in [-0.4, -0.2) is 23.6 Å². The van der Waals surface area contributed by atoms with E-state index in [0.717, 1.165) is 51.0 Å². The Labute approximate surface area is 137 Å². The van der Waals surface area contributed by atoms with Crippen molar-refractivity contribution in [2.24, 2.45) is 11.3 Å². The van der Waals surface area contributed by atoms with Crippen LogP contribution in [0.5, 0.6) is 0 Å². The van der Waals surface area contributed by atoms with E-state index >= 15 is 0 Å². The minimum Gasteiger partial charge on any atom is -0.347 e. The van der Waals surface area contributed by atoms with Gasteiger partial charge < -0.3 is 15.2 Å². The number of carbonyl (C=O) groups is 1. The monoisotopic (exact) mass is 311 g/mol. The van der Waals surface area contributed by atoms with Gasteiger partial charge in [-0.05, 0) is 68.5 Å². The van der Waals surface area contributed by atoms with E-state index in [2.05, 4.69) is 46.5 Å². The SMILES string of the molecule is CCCn1ccc2cc(NC(=O)C3CC34CCNCC4)ccc21. The molecule has 4 heteroatoms. The predicted molar refractivity (Wildman–Crippen MR) is 93.5 cm³/mol. The number of nitrogens with zero attached hydrogens (tertiary/aromatic N) is 1. The number of benzene rings is 1. The maximum Gasteiger partial charge on any atom is 0.228 e. The first-order chi connectivity index (χ1) is 11.2. The summed E-state index contributed by atoms with van der Waals surface area (Å²) in [6.45, 7) is 5.34. The van der Waals surface area contributed by atoms with Gasteiger partial charge in [-0.1, -0.05) is 6.92 Å². The smallest absolute Gasteiger partial charge is 0.228 e. The maximum atomic E-state index is 12.6. The molecule has 1 saturated heterocycles. The highest BCUT2D eigenvalue weighted by atomic mass is 16.2. The fourth-order valence-corrected chi connectivity index (χ4v) is 4.14. The Kier molecular flexibility index (Phi) is 3.64. The number of rotatable bonds is 4. The van der Waals surface area contributed by atoms with Crippen molar-refractivity contribution in [1.29, 1.82) is 0 Å². The molecule has 4 nitrogen and oxygen atoms in total. The number of amides is 1. The molecule has 1 atom stereocenters. The Morgan fingerprint density at radius 3 is 2.96 bits per heavy atom. The van der Waals surface area contributed by atoms with Gasteiger partial charge in [0.2, 0.25) is 5.91 Å². The number of hydrogen-bond donors (Lipinski definition) is 2. The molecule has 23 heavy (non-hydrogen) atoms. The van der Waals surface area contributed by atoms with E-state index in [-0.39, 0.29) is 11.8 Å². The molecule has 1 aromatic carbocycles. The van der Waals surface area contributed by atoms with Gasteiger partial charge in [0.25, 0.3) is 0 Å². The molecule has 1 aromatic heterocycles. The molecule has 1 aliphatic heterocycles. The van der Waals surface area contributed by atoms with Crippen LogP contribution in [0.1, 0.15) is 32.6 Å². The van der Waals surface area contributed by atoms with Crippen LogP contribution >= 0.6 is 0 Å². The molecule has 2 fully saturated rings. The Morgan fingerprint density at radius 1 is 1.35 bits per heavy atom. The van der Waals surface area contributed by atoms with E-state index in [0.29, 0.717) is 5.41 Å². The molecule has 122 valence electrons. The number of piperidine rings is 1. The van der Waals surface area contributed by atoms with E-state index in [4.69, 9.17) is 0 Å². The predicted octanol–water partition coefficient (Wildman–Crippen LogP) is 3.38. The molecular formula is C19H25N3O. The van der Waals surface area contributed by atoms with Crippen LogP contribution in [-0.2, 0) is 11.3 Å². The highest BCUT2D eigenvalue weighted by Gasteiger charge is 2.57. The molecule has 2 aromatic rings. The van der Waals surface area contributed by atoms with Crippen LogP contribution < -0.4 is 10.6 Å². The molecule has 1 aliphatic carbocycles. The van der Waals surface area contributed by atoms with Crippen LogP contribution in [0, 0.1) is 11.3 Å². The molecular weight excluding hydrogens is 286 g/mol. The van der Waals surface area contributed by atoms with Gasteiger partial charge in [0.05, 0.1) is 0 Å². The minimum absolute atomic E-state index is 0.208. The second-order valence-corrected chi connectivity index (χ2v) is 7.14. The fourth-order valence-electron chi connectivity index (χ4n) is 4.14. The van der Waals surface area contributed by atoms with Gasteiger partial charge in [0.15, 0.2) is 0 Å². The standard InChI is InChI=1S/C19H25N3O/c1-2-10-22-11-5-14-12-15(3-4-17(14)22)21-18(23)16-13-19(16)6-8-20-9-7-19/h3-5,11-12,16,20H,2,6-10,13H2,1H3,(H,21,23). The largest absolute Gasteiger partial charge is 0.347 e. The number of aryl methyl sites for hydroxylation is 1. The van der Waals surface area contributed by atoms with E-state index < -0.39 is 0 Å². The normalized spacial score (nSPS) is 22.4. The van der Waals surface area contributed by atoms with E-state index in [1.54, 1.807) is 0 Å². The van der Waals surface area contributed by atoms with Crippen molar-refractivity contribution in [1.82, 2.24) is 9.88 Å². The van der Waals surface area contributed by atoms with Gasteiger partial charge in [-0.2, -0.15) is 0 Å². The van der Waals surface area contributed by atoms with Gasteiger partial charge in [-0.3, -0.25) is 4.79 Å². The topological polar surface area (TPSA) is 46.1 Å². The van der Waals surface area contributed by atoms with Crippen molar-refractivity contribution in [3.8, 4) is 0 Å². The number of hydrogen-bond acceptors (Lipinski definition) is 2. The number of nitrogens with one attached hydrogen (secondary N) is 2. The Bertz CT molecular complexity index is 727. The summed E-state index contributed by atoms with van der Waals surface area (Å²) >= 11 is 0. The van der Waals surface area contributed by atoms with Crippen molar-refractivity contribution in [3.05, 3.63) is 30.5 Å². The third kappa shape index (κ3) is 2.65. The second kappa shape index (κ2) is 5.68. The zero-order valence-corrected chi connectivity index (χ0v) is 13.8.